The van der Waals surface area contributed by atoms with Crippen LogP contribution >= 0.6 is 11.3 Å². The van der Waals surface area contributed by atoms with Crippen LogP contribution in [0.1, 0.15) is 70.0 Å². The first kappa shape index (κ1) is 17.4. The Bertz CT molecular complexity index is 368. The molecular weight excluding hydrogens is 266 g/mol. The van der Waals surface area contributed by atoms with Crippen LogP contribution in [0.4, 0.5) is 5.13 Å². The maximum atomic E-state index is 4.82. The normalized spacial score (nSPS) is 12.7. The summed E-state index contributed by atoms with van der Waals surface area (Å²) >= 11 is 1.87. The number of hydrogen-bond donors (Lipinski definition) is 1. The highest BCUT2D eigenvalue weighted by Gasteiger charge is 2.17. The van der Waals surface area contributed by atoms with Gasteiger partial charge in [-0.05, 0) is 33.2 Å². The standard InChI is InChI=1S/C16H31N3S/c1-6-9-11-19(12-10-7-2)16-18-14(5)15(20-16)13(4)17-8-3/h13,17H,6-12H2,1-5H3. The molecule has 3 nitrogen and oxygen atoms in total. The van der Waals surface area contributed by atoms with Crippen molar-refractivity contribution in [2.45, 2.75) is 66.3 Å². The van der Waals surface area contributed by atoms with E-state index in [0.29, 0.717) is 6.04 Å². The molecule has 0 saturated heterocycles. The molecule has 0 aliphatic heterocycles. The molecule has 0 amide bonds. The molecule has 116 valence electrons. The first-order valence-corrected chi connectivity index (χ1v) is 8.91. The molecule has 1 N–H and O–H groups in total. The lowest BCUT2D eigenvalue weighted by Crippen LogP contribution is -2.25. The summed E-state index contributed by atoms with van der Waals surface area (Å²) in [7, 11) is 0. The molecule has 0 aromatic carbocycles. The minimum atomic E-state index is 0.408. The van der Waals surface area contributed by atoms with Crippen LogP contribution < -0.4 is 10.2 Å². The van der Waals surface area contributed by atoms with Crippen LogP contribution in [0.3, 0.4) is 0 Å². The van der Waals surface area contributed by atoms with Gasteiger partial charge in [-0.15, -0.1) is 11.3 Å². The Morgan fingerprint density at radius 1 is 1.15 bits per heavy atom. The van der Waals surface area contributed by atoms with Gasteiger partial charge in [0.25, 0.3) is 0 Å². The molecule has 0 bridgehead atoms. The first-order chi connectivity index (χ1) is 9.63. The van der Waals surface area contributed by atoms with Crippen molar-refractivity contribution in [3.8, 4) is 0 Å². The molecule has 0 fully saturated rings. The Morgan fingerprint density at radius 3 is 2.25 bits per heavy atom. The van der Waals surface area contributed by atoms with Crippen molar-refractivity contribution in [2.75, 3.05) is 24.5 Å². The molecule has 0 spiro atoms. The second kappa shape index (κ2) is 9.35. The fourth-order valence-corrected chi connectivity index (χ4v) is 3.47. The van der Waals surface area contributed by atoms with E-state index in [1.807, 2.05) is 11.3 Å². The van der Waals surface area contributed by atoms with E-state index >= 15 is 0 Å². The van der Waals surface area contributed by atoms with Crippen molar-refractivity contribution in [1.29, 1.82) is 0 Å². The zero-order chi connectivity index (χ0) is 15.0. The maximum absolute atomic E-state index is 4.82. The molecule has 0 saturated carbocycles. The SMILES string of the molecule is CCCCN(CCCC)c1nc(C)c(C(C)NCC)s1. The fourth-order valence-electron chi connectivity index (χ4n) is 2.33. The van der Waals surface area contributed by atoms with Crippen molar-refractivity contribution in [2.24, 2.45) is 0 Å². The number of nitrogens with zero attached hydrogens (tertiary/aromatic N) is 2. The molecule has 1 atom stereocenters. The van der Waals surface area contributed by atoms with E-state index in [1.54, 1.807) is 0 Å². The van der Waals surface area contributed by atoms with Gasteiger partial charge in [0.1, 0.15) is 0 Å². The summed E-state index contributed by atoms with van der Waals surface area (Å²) in [6.45, 7) is 14.3. The van der Waals surface area contributed by atoms with Gasteiger partial charge in [-0.25, -0.2) is 4.98 Å². The quantitative estimate of drug-likeness (QED) is 0.688. The molecule has 1 aromatic heterocycles. The second-order valence-electron chi connectivity index (χ2n) is 5.42. The summed E-state index contributed by atoms with van der Waals surface area (Å²) in [6, 6.07) is 0.408. The molecule has 0 radical (unpaired) electrons. The van der Waals surface area contributed by atoms with Crippen molar-refractivity contribution in [1.82, 2.24) is 10.3 Å². The van der Waals surface area contributed by atoms with Crippen LogP contribution in [-0.2, 0) is 0 Å². The van der Waals surface area contributed by atoms with Crippen LogP contribution in [0.5, 0.6) is 0 Å². The molecule has 4 heteroatoms. The van der Waals surface area contributed by atoms with E-state index in [0.717, 1.165) is 19.6 Å². The Hall–Kier alpha value is -0.610. The number of aryl methyl sites for hydroxylation is 1. The van der Waals surface area contributed by atoms with Crippen LogP contribution in [0, 0.1) is 6.92 Å². The summed E-state index contributed by atoms with van der Waals surface area (Å²) in [5, 5.41) is 4.71. The first-order valence-electron chi connectivity index (χ1n) is 8.09. The largest absolute Gasteiger partial charge is 0.348 e. The smallest absolute Gasteiger partial charge is 0.185 e. The summed E-state index contributed by atoms with van der Waals surface area (Å²) in [5.74, 6) is 0. The molecule has 1 unspecified atom stereocenters. The highest BCUT2D eigenvalue weighted by molar-refractivity contribution is 7.15. The van der Waals surface area contributed by atoms with E-state index in [-0.39, 0.29) is 0 Å². The van der Waals surface area contributed by atoms with E-state index in [9.17, 15) is 0 Å². The zero-order valence-electron chi connectivity index (χ0n) is 13.8. The van der Waals surface area contributed by atoms with Gasteiger partial charge >= 0.3 is 0 Å². The third-order valence-electron chi connectivity index (χ3n) is 3.56. The molecule has 1 aromatic rings. The van der Waals surface area contributed by atoms with E-state index in [2.05, 4.69) is 44.8 Å². The number of rotatable bonds is 10. The molecule has 1 heterocycles. The maximum Gasteiger partial charge on any atom is 0.185 e. The molecule has 0 aliphatic rings. The van der Waals surface area contributed by atoms with Crippen molar-refractivity contribution >= 4 is 16.5 Å². The highest BCUT2D eigenvalue weighted by atomic mass is 32.1. The minimum absolute atomic E-state index is 0.408. The monoisotopic (exact) mass is 297 g/mol. The van der Waals surface area contributed by atoms with Gasteiger partial charge in [0.2, 0.25) is 0 Å². The number of aromatic nitrogens is 1. The van der Waals surface area contributed by atoms with Gasteiger partial charge in [0, 0.05) is 24.0 Å². The van der Waals surface area contributed by atoms with Gasteiger partial charge in [-0.1, -0.05) is 33.6 Å². The lowest BCUT2D eigenvalue weighted by atomic mass is 10.2. The Kier molecular flexibility index (Phi) is 8.15. The third kappa shape index (κ3) is 5.06. The summed E-state index contributed by atoms with van der Waals surface area (Å²) in [5.41, 5.74) is 1.19. The molecular formula is C16H31N3S. The van der Waals surface area contributed by atoms with Crippen LogP contribution in [-0.4, -0.2) is 24.6 Å². The zero-order valence-corrected chi connectivity index (χ0v) is 14.6. The lowest BCUT2D eigenvalue weighted by molar-refractivity contribution is 0.603. The third-order valence-corrected chi connectivity index (χ3v) is 4.96. The summed E-state index contributed by atoms with van der Waals surface area (Å²) in [6.07, 6.45) is 4.99. The average molecular weight is 298 g/mol. The number of thiazole rings is 1. The number of anilines is 1. The highest BCUT2D eigenvalue weighted by Crippen LogP contribution is 2.31. The number of hydrogen-bond acceptors (Lipinski definition) is 4. The van der Waals surface area contributed by atoms with Crippen molar-refractivity contribution < 1.29 is 0 Å². The molecule has 0 aliphatic carbocycles. The van der Waals surface area contributed by atoms with E-state index in [1.165, 1.54) is 41.4 Å². The van der Waals surface area contributed by atoms with Gasteiger partial charge in [0.05, 0.1) is 5.69 Å². The Morgan fingerprint density at radius 2 is 1.75 bits per heavy atom. The summed E-state index contributed by atoms with van der Waals surface area (Å²) < 4.78 is 0. The fraction of sp³-hybridized carbons (Fsp3) is 0.812. The van der Waals surface area contributed by atoms with Crippen molar-refractivity contribution in [3.05, 3.63) is 10.6 Å². The molecule has 1 rings (SSSR count). The van der Waals surface area contributed by atoms with Crippen LogP contribution in [0.25, 0.3) is 0 Å². The van der Waals surface area contributed by atoms with Gasteiger partial charge < -0.3 is 10.2 Å². The van der Waals surface area contributed by atoms with Crippen LogP contribution in [0.15, 0.2) is 0 Å². The predicted molar refractivity (Wildman–Crippen MR) is 91.0 cm³/mol. The Labute approximate surface area is 128 Å². The minimum Gasteiger partial charge on any atom is -0.348 e. The predicted octanol–water partition coefficient (Wildman–Crippen LogP) is 4.53. The van der Waals surface area contributed by atoms with Gasteiger partial charge in [-0.3, -0.25) is 0 Å². The van der Waals surface area contributed by atoms with Gasteiger partial charge in [0.15, 0.2) is 5.13 Å². The molecule has 20 heavy (non-hydrogen) atoms. The number of unbranched alkanes of at least 4 members (excludes halogenated alkanes) is 2. The van der Waals surface area contributed by atoms with Crippen LogP contribution in [0.2, 0.25) is 0 Å². The average Bonchev–Trinajstić information content (AvgIpc) is 2.81. The number of nitrogens with one attached hydrogen (secondary N) is 1. The Balaban J connectivity index is 2.82. The topological polar surface area (TPSA) is 28.2 Å². The second-order valence-corrected chi connectivity index (χ2v) is 6.43. The van der Waals surface area contributed by atoms with E-state index < -0.39 is 0 Å². The van der Waals surface area contributed by atoms with Crippen molar-refractivity contribution in [3.63, 3.8) is 0 Å². The van der Waals surface area contributed by atoms with Gasteiger partial charge in [-0.2, -0.15) is 0 Å². The summed E-state index contributed by atoms with van der Waals surface area (Å²) in [4.78, 5) is 8.69. The van der Waals surface area contributed by atoms with E-state index in [4.69, 9.17) is 4.98 Å². The lowest BCUT2D eigenvalue weighted by Gasteiger charge is -2.21.